The number of benzene rings is 2. The number of nitrogens with one attached hydrogen (secondary N) is 1. The highest BCUT2D eigenvalue weighted by Crippen LogP contribution is 2.28. The lowest BCUT2D eigenvalue weighted by Crippen LogP contribution is -2.25. The van der Waals surface area contributed by atoms with Crippen LogP contribution in [0.2, 0.25) is 0 Å². The van der Waals surface area contributed by atoms with Gasteiger partial charge in [0, 0.05) is 18.7 Å². The van der Waals surface area contributed by atoms with Gasteiger partial charge in [0.05, 0.1) is 5.69 Å². The van der Waals surface area contributed by atoms with E-state index in [2.05, 4.69) is 19.2 Å². The van der Waals surface area contributed by atoms with E-state index in [9.17, 15) is 14.0 Å². The largest absolute Gasteiger partial charge is 0.483 e. The number of ether oxygens (including phenoxy) is 1. The molecule has 0 atom stereocenters. The van der Waals surface area contributed by atoms with Crippen LogP contribution in [0.3, 0.4) is 0 Å². The smallest absolute Gasteiger partial charge is 0.262 e. The summed E-state index contributed by atoms with van der Waals surface area (Å²) in [5.74, 6) is -0.0358. The third kappa shape index (κ3) is 4.50. The molecule has 1 aliphatic heterocycles. The molecule has 2 aromatic carbocycles. The van der Waals surface area contributed by atoms with Crippen molar-refractivity contribution in [2.75, 3.05) is 23.4 Å². The van der Waals surface area contributed by atoms with Crippen molar-refractivity contribution < 1.29 is 18.7 Å². The first-order chi connectivity index (χ1) is 13.3. The topological polar surface area (TPSA) is 58.6 Å². The number of anilines is 2. The summed E-state index contributed by atoms with van der Waals surface area (Å²) in [6, 6.07) is 10.3. The lowest BCUT2D eigenvalue weighted by atomic mass is 10.0. The molecule has 0 spiro atoms. The second kappa shape index (κ2) is 8.42. The molecule has 0 aliphatic carbocycles. The van der Waals surface area contributed by atoms with Crippen LogP contribution in [0.1, 0.15) is 43.7 Å². The van der Waals surface area contributed by atoms with Crippen molar-refractivity contribution >= 4 is 23.2 Å². The summed E-state index contributed by atoms with van der Waals surface area (Å²) >= 11 is 0. The van der Waals surface area contributed by atoms with Crippen molar-refractivity contribution in [2.24, 2.45) is 0 Å². The first-order valence-electron chi connectivity index (χ1n) is 9.48. The molecular formula is C22H25FN2O3. The zero-order valence-corrected chi connectivity index (χ0v) is 16.4. The number of hydrogen-bond donors (Lipinski definition) is 1. The molecular weight excluding hydrogens is 359 g/mol. The molecule has 6 heteroatoms. The number of hydrogen-bond acceptors (Lipinski definition) is 3. The molecule has 1 fully saturated rings. The average molecular weight is 384 g/mol. The van der Waals surface area contributed by atoms with Gasteiger partial charge in [-0.1, -0.05) is 26.0 Å². The number of aryl methyl sites for hydroxylation is 1. The molecule has 5 nitrogen and oxygen atoms in total. The Morgan fingerprint density at radius 1 is 1.25 bits per heavy atom. The van der Waals surface area contributed by atoms with Crippen LogP contribution in [0, 0.1) is 12.7 Å². The second-order valence-electron chi connectivity index (χ2n) is 7.35. The minimum atomic E-state index is -0.533. The minimum absolute atomic E-state index is 0.0804. The van der Waals surface area contributed by atoms with E-state index in [0.29, 0.717) is 24.4 Å². The molecule has 148 valence electrons. The van der Waals surface area contributed by atoms with Gasteiger partial charge >= 0.3 is 0 Å². The standard InChI is InChI=1S/C22H25FN2O3/c1-14(2)17-8-6-15(3)11-20(17)28-13-21(26)24-16-7-9-19(18(23)12-16)25-10-4-5-22(25)27/h6-9,11-12,14H,4-5,10,13H2,1-3H3,(H,24,26). The quantitative estimate of drug-likeness (QED) is 0.803. The summed E-state index contributed by atoms with van der Waals surface area (Å²) in [6.45, 7) is 6.44. The van der Waals surface area contributed by atoms with Crippen LogP contribution in [0.5, 0.6) is 5.75 Å². The fourth-order valence-electron chi connectivity index (χ4n) is 3.29. The maximum Gasteiger partial charge on any atom is 0.262 e. The van der Waals surface area contributed by atoms with Gasteiger partial charge in [0.2, 0.25) is 5.91 Å². The zero-order valence-electron chi connectivity index (χ0n) is 16.4. The molecule has 0 radical (unpaired) electrons. The number of halogens is 1. The highest BCUT2D eigenvalue weighted by molar-refractivity contribution is 5.96. The zero-order chi connectivity index (χ0) is 20.3. The number of rotatable bonds is 6. The van der Waals surface area contributed by atoms with Crippen LogP contribution < -0.4 is 15.0 Å². The van der Waals surface area contributed by atoms with Crippen molar-refractivity contribution in [1.82, 2.24) is 0 Å². The van der Waals surface area contributed by atoms with E-state index >= 15 is 0 Å². The lowest BCUT2D eigenvalue weighted by molar-refractivity contribution is -0.118. The van der Waals surface area contributed by atoms with Crippen LogP contribution in [0.25, 0.3) is 0 Å². The van der Waals surface area contributed by atoms with Crippen LogP contribution in [-0.2, 0) is 9.59 Å². The first-order valence-corrected chi connectivity index (χ1v) is 9.48. The van der Waals surface area contributed by atoms with Gasteiger partial charge in [-0.15, -0.1) is 0 Å². The third-order valence-corrected chi connectivity index (χ3v) is 4.75. The van der Waals surface area contributed by atoms with Crippen LogP contribution in [-0.4, -0.2) is 25.0 Å². The van der Waals surface area contributed by atoms with Gasteiger partial charge in [-0.25, -0.2) is 4.39 Å². The van der Waals surface area contributed by atoms with Gasteiger partial charge in [-0.2, -0.15) is 0 Å². The van der Waals surface area contributed by atoms with Crippen molar-refractivity contribution in [3.63, 3.8) is 0 Å². The van der Waals surface area contributed by atoms with Crippen molar-refractivity contribution in [1.29, 1.82) is 0 Å². The van der Waals surface area contributed by atoms with E-state index < -0.39 is 5.82 Å². The van der Waals surface area contributed by atoms with Crippen molar-refractivity contribution in [3.8, 4) is 5.75 Å². The van der Waals surface area contributed by atoms with E-state index in [0.717, 1.165) is 17.5 Å². The predicted octanol–water partition coefficient (Wildman–Crippen LogP) is 4.40. The van der Waals surface area contributed by atoms with Gasteiger partial charge in [-0.3, -0.25) is 9.59 Å². The van der Waals surface area contributed by atoms with E-state index in [4.69, 9.17) is 4.74 Å². The Morgan fingerprint density at radius 2 is 2.04 bits per heavy atom. The average Bonchev–Trinajstić information content (AvgIpc) is 3.05. The Morgan fingerprint density at radius 3 is 2.68 bits per heavy atom. The highest BCUT2D eigenvalue weighted by Gasteiger charge is 2.24. The summed E-state index contributed by atoms with van der Waals surface area (Å²) < 4.78 is 20.1. The number of carbonyl (C=O) groups excluding carboxylic acids is 2. The molecule has 0 bridgehead atoms. The molecule has 28 heavy (non-hydrogen) atoms. The molecule has 3 rings (SSSR count). The van der Waals surface area contributed by atoms with Gasteiger partial charge in [0.25, 0.3) is 5.91 Å². The molecule has 1 saturated heterocycles. The monoisotopic (exact) mass is 384 g/mol. The maximum absolute atomic E-state index is 14.4. The van der Waals surface area contributed by atoms with E-state index in [1.165, 1.54) is 17.0 Å². The Kier molecular flexibility index (Phi) is 5.97. The van der Waals surface area contributed by atoms with Gasteiger partial charge < -0.3 is 15.0 Å². The van der Waals surface area contributed by atoms with Gasteiger partial charge in [-0.05, 0) is 54.7 Å². The summed E-state index contributed by atoms with van der Waals surface area (Å²) in [5.41, 5.74) is 2.66. The lowest BCUT2D eigenvalue weighted by Gasteiger charge is -2.17. The molecule has 1 heterocycles. The van der Waals surface area contributed by atoms with Crippen molar-refractivity contribution in [2.45, 2.75) is 39.5 Å². The molecule has 0 unspecified atom stereocenters. The number of amides is 2. The molecule has 0 saturated carbocycles. The number of carbonyl (C=O) groups is 2. The minimum Gasteiger partial charge on any atom is -0.483 e. The molecule has 2 aromatic rings. The maximum atomic E-state index is 14.4. The van der Waals surface area contributed by atoms with Crippen LogP contribution in [0.15, 0.2) is 36.4 Å². The van der Waals surface area contributed by atoms with E-state index in [1.807, 2.05) is 25.1 Å². The van der Waals surface area contributed by atoms with Crippen LogP contribution in [0.4, 0.5) is 15.8 Å². The fourth-order valence-corrected chi connectivity index (χ4v) is 3.29. The molecule has 2 amide bonds. The molecule has 0 aromatic heterocycles. The van der Waals surface area contributed by atoms with E-state index in [1.54, 1.807) is 6.07 Å². The van der Waals surface area contributed by atoms with Gasteiger partial charge in [0.15, 0.2) is 6.61 Å². The molecule has 1 N–H and O–H groups in total. The predicted molar refractivity (Wildman–Crippen MR) is 107 cm³/mol. The normalized spacial score (nSPS) is 13.9. The Labute approximate surface area is 164 Å². The Hall–Kier alpha value is -2.89. The summed E-state index contributed by atoms with van der Waals surface area (Å²) in [4.78, 5) is 25.5. The summed E-state index contributed by atoms with van der Waals surface area (Å²) in [5, 5.41) is 2.64. The second-order valence-corrected chi connectivity index (χ2v) is 7.35. The summed E-state index contributed by atoms with van der Waals surface area (Å²) in [7, 11) is 0. The fraction of sp³-hybridized carbons (Fsp3) is 0.364. The highest BCUT2D eigenvalue weighted by atomic mass is 19.1. The first kappa shape index (κ1) is 19.9. The van der Waals surface area contributed by atoms with Crippen molar-refractivity contribution in [3.05, 3.63) is 53.3 Å². The third-order valence-electron chi connectivity index (χ3n) is 4.75. The molecule has 1 aliphatic rings. The van der Waals surface area contributed by atoms with Gasteiger partial charge in [0.1, 0.15) is 11.6 Å². The Balaban J connectivity index is 1.63. The van der Waals surface area contributed by atoms with E-state index in [-0.39, 0.29) is 30.0 Å². The summed E-state index contributed by atoms with van der Waals surface area (Å²) in [6.07, 6.45) is 1.16. The Bertz CT molecular complexity index is 895. The SMILES string of the molecule is Cc1ccc(C(C)C)c(OCC(=O)Nc2ccc(N3CCCC3=O)c(F)c2)c1. The number of nitrogens with zero attached hydrogens (tertiary/aromatic N) is 1. The van der Waals surface area contributed by atoms with Crippen LogP contribution >= 0.6 is 0 Å².